The number of nitrogens with one attached hydrogen (secondary N) is 3. The van der Waals surface area contributed by atoms with Gasteiger partial charge in [0, 0.05) is 5.69 Å². The molecule has 0 aliphatic rings. The van der Waals surface area contributed by atoms with Crippen molar-refractivity contribution in [1.82, 2.24) is 20.4 Å². The monoisotopic (exact) mass is 399 g/mol. The molecule has 0 bridgehead atoms. The van der Waals surface area contributed by atoms with E-state index in [1.165, 1.54) is 6.07 Å². The summed E-state index contributed by atoms with van der Waals surface area (Å²) in [6, 6.07) is 11.6. The Morgan fingerprint density at radius 2 is 1.86 bits per heavy atom. The van der Waals surface area contributed by atoms with Gasteiger partial charge in [-0.05, 0) is 31.2 Å². The number of nitro groups is 1. The number of amides is 1. The first kappa shape index (κ1) is 19.0. The van der Waals surface area contributed by atoms with Crippen LogP contribution >= 0.6 is 11.6 Å². The number of pyridine rings is 1. The van der Waals surface area contributed by atoms with E-state index in [2.05, 4.69) is 31.1 Å². The Bertz CT molecular complexity index is 1040. The van der Waals surface area contributed by atoms with E-state index in [-0.39, 0.29) is 22.2 Å². The van der Waals surface area contributed by atoms with Crippen LogP contribution < -0.4 is 16.2 Å². The second-order valence-corrected chi connectivity index (χ2v) is 5.93. The summed E-state index contributed by atoms with van der Waals surface area (Å²) in [6.45, 7) is 1.79. The van der Waals surface area contributed by atoms with Gasteiger partial charge in [0.25, 0.3) is 5.91 Å². The molecule has 28 heavy (non-hydrogen) atoms. The van der Waals surface area contributed by atoms with Gasteiger partial charge in [-0.15, -0.1) is 0 Å². The lowest BCUT2D eigenvalue weighted by Crippen LogP contribution is -2.30. The third-order valence-electron chi connectivity index (χ3n) is 3.55. The van der Waals surface area contributed by atoms with Gasteiger partial charge in [0.05, 0.1) is 15.5 Å². The highest BCUT2D eigenvalue weighted by molar-refractivity contribution is 6.33. The summed E-state index contributed by atoms with van der Waals surface area (Å²) in [6.07, 6.45) is 1.12. The molecule has 0 fully saturated rings. The van der Waals surface area contributed by atoms with E-state index in [1.807, 2.05) is 0 Å². The van der Waals surface area contributed by atoms with Gasteiger partial charge in [-0.3, -0.25) is 25.8 Å². The number of anilines is 3. The Hall–Kier alpha value is -3.79. The van der Waals surface area contributed by atoms with Gasteiger partial charge in [-0.1, -0.05) is 29.8 Å². The summed E-state index contributed by atoms with van der Waals surface area (Å²) in [4.78, 5) is 35.1. The number of carbonyl (C=O) groups excluding carboxylic acids is 1. The zero-order valence-electron chi connectivity index (χ0n) is 14.5. The average molecular weight is 400 g/mol. The van der Waals surface area contributed by atoms with E-state index in [1.54, 1.807) is 43.3 Å². The molecule has 0 atom stereocenters. The Morgan fingerprint density at radius 1 is 1.11 bits per heavy atom. The van der Waals surface area contributed by atoms with Crippen LogP contribution in [0.1, 0.15) is 16.1 Å². The number of benzene rings is 1. The van der Waals surface area contributed by atoms with Crippen molar-refractivity contribution in [3.63, 3.8) is 0 Å². The van der Waals surface area contributed by atoms with Crippen LogP contribution in [0.3, 0.4) is 0 Å². The predicted octanol–water partition coefficient (Wildman–Crippen LogP) is 3.24. The predicted molar refractivity (Wildman–Crippen MR) is 103 cm³/mol. The van der Waals surface area contributed by atoms with Crippen molar-refractivity contribution in [2.24, 2.45) is 0 Å². The smallest absolute Gasteiger partial charge is 0.319 e. The van der Waals surface area contributed by atoms with E-state index >= 15 is 0 Å². The van der Waals surface area contributed by atoms with E-state index in [9.17, 15) is 14.9 Å². The molecule has 0 saturated carbocycles. The molecule has 3 N–H and O–H groups in total. The molecule has 3 rings (SSSR count). The highest BCUT2D eigenvalue weighted by Gasteiger charge is 2.24. The van der Waals surface area contributed by atoms with Gasteiger partial charge >= 0.3 is 5.69 Å². The minimum Gasteiger partial charge on any atom is -0.319 e. The summed E-state index contributed by atoms with van der Waals surface area (Å²) < 4.78 is 0. The second-order valence-electron chi connectivity index (χ2n) is 5.52. The van der Waals surface area contributed by atoms with Crippen molar-refractivity contribution in [2.45, 2.75) is 6.92 Å². The molecule has 11 heteroatoms. The van der Waals surface area contributed by atoms with Gasteiger partial charge in [0.15, 0.2) is 0 Å². The van der Waals surface area contributed by atoms with E-state index in [0.717, 1.165) is 12.0 Å². The Balaban J connectivity index is 1.84. The van der Waals surface area contributed by atoms with Crippen LogP contribution in [-0.2, 0) is 0 Å². The number of hydrazine groups is 1. The van der Waals surface area contributed by atoms with Crippen LogP contribution in [0.15, 0.2) is 48.8 Å². The van der Waals surface area contributed by atoms with Crippen LogP contribution in [0, 0.1) is 17.0 Å². The van der Waals surface area contributed by atoms with Crippen molar-refractivity contribution in [3.8, 4) is 0 Å². The van der Waals surface area contributed by atoms with Crippen LogP contribution in [0.4, 0.5) is 23.1 Å². The third-order valence-corrected chi connectivity index (χ3v) is 3.88. The van der Waals surface area contributed by atoms with Crippen molar-refractivity contribution in [2.75, 3.05) is 10.7 Å². The maximum atomic E-state index is 12.2. The molecular weight excluding hydrogens is 386 g/mol. The first-order valence-corrected chi connectivity index (χ1v) is 8.34. The average Bonchev–Trinajstić information content (AvgIpc) is 2.66. The van der Waals surface area contributed by atoms with Crippen molar-refractivity contribution < 1.29 is 9.72 Å². The lowest BCUT2D eigenvalue weighted by molar-refractivity contribution is -0.383. The maximum Gasteiger partial charge on any atom is 0.355 e. The van der Waals surface area contributed by atoms with E-state index in [4.69, 9.17) is 11.6 Å². The van der Waals surface area contributed by atoms with Crippen molar-refractivity contribution in [3.05, 3.63) is 75.2 Å². The van der Waals surface area contributed by atoms with Gasteiger partial charge in [0.1, 0.15) is 12.1 Å². The number of aryl methyl sites for hydroxylation is 1. The lowest BCUT2D eigenvalue weighted by atomic mass is 10.2. The number of aromatic nitrogens is 3. The van der Waals surface area contributed by atoms with Gasteiger partial charge in [0.2, 0.25) is 11.6 Å². The summed E-state index contributed by atoms with van der Waals surface area (Å²) in [7, 11) is 0. The quantitative estimate of drug-likeness (QED) is 0.424. The van der Waals surface area contributed by atoms with Crippen LogP contribution in [0.2, 0.25) is 5.02 Å². The Kier molecular flexibility index (Phi) is 5.61. The minimum absolute atomic E-state index is 0.0763. The SMILES string of the molecule is Cc1cccc(Nc2ncnc(NNC(=O)c3ccccc3Cl)c2[N+](=O)[O-])n1. The van der Waals surface area contributed by atoms with Gasteiger partial charge < -0.3 is 5.32 Å². The molecular formula is C17H14ClN7O3. The fourth-order valence-corrected chi connectivity index (χ4v) is 2.52. The Morgan fingerprint density at radius 3 is 2.57 bits per heavy atom. The molecule has 1 amide bonds. The minimum atomic E-state index is -0.665. The largest absolute Gasteiger partial charge is 0.355 e. The topological polar surface area (TPSA) is 135 Å². The number of hydrogen-bond acceptors (Lipinski definition) is 8. The standard InChI is InChI=1S/C17H14ClN7O3/c1-10-5-4-8-13(21-10)22-15-14(25(27)28)16(20-9-19-15)23-24-17(26)11-6-2-3-7-12(11)18/h2-9H,1H3,(H,24,26)(H2,19,20,21,22,23). The summed E-state index contributed by atoms with van der Waals surface area (Å²) >= 11 is 5.97. The molecule has 2 heterocycles. The molecule has 2 aromatic heterocycles. The van der Waals surface area contributed by atoms with Crippen LogP contribution in [-0.4, -0.2) is 25.8 Å². The molecule has 0 saturated heterocycles. The molecule has 0 spiro atoms. The highest BCUT2D eigenvalue weighted by atomic mass is 35.5. The molecule has 1 aromatic carbocycles. The van der Waals surface area contributed by atoms with Crippen molar-refractivity contribution in [1.29, 1.82) is 0 Å². The molecule has 0 unspecified atom stereocenters. The van der Waals surface area contributed by atoms with Crippen LogP contribution in [0.25, 0.3) is 0 Å². The number of hydrogen-bond donors (Lipinski definition) is 3. The Labute approximate surface area is 164 Å². The number of nitrogens with zero attached hydrogens (tertiary/aromatic N) is 4. The highest BCUT2D eigenvalue weighted by Crippen LogP contribution is 2.30. The van der Waals surface area contributed by atoms with Gasteiger partial charge in [-0.25, -0.2) is 15.0 Å². The fourth-order valence-electron chi connectivity index (χ4n) is 2.30. The van der Waals surface area contributed by atoms with E-state index in [0.29, 0.717) is 5.82 Å². The first-order valence-electron chi connectivity index (χ1n) is 7.96. The first-order chi connectivity index (χ1) is 13.5. The number of rotatable bonds is 6. The molecule has 3 aromatic rings. The van der Waals surface area contributed by atoms with Gasteiger partial charge in [-0.2, -0.15) is 0 Å². The molecule has 142 valence electrons. The summed E-state index contributed by atoms with van der Waals surface area (Å²) in [5.74, 6) is -0.468. The maximum absolute atomic E-state index is 12.2. The molecule has 0 aliphatic carbocycles. The zero-order valence-corrected chi connectivity index (χ0v) is 15.3. The summed E-state index contributed by atoms with van der Waals surface area (Å²) in [5.41, 5.74) is 5.27. The molecule has 0 aliphatic heterocycles. The number of carbonyl (C=O) groups is 1. The molecule has 10 nitrogen and oxygen atoms in total. The van der Waals surface area contributed by atoms with E-state index < -0.39 is 16.5 Å². The van der Waals surface area contributed by atoms with Crippen molar-refractivity contribution >= 4 is 40.6 Å². The third kappa shape index (κ3) is 4.30. The fraction of sp³-hybridized carbons (Fsp3) is 0.0588. The summed E-state index contributed by atoms with van der Waals surface area (Å²) in [5, 5.41) is 14.6. The second kappa shape index (κ2) is 8.27. The molecule has 0 radical (unpaired) electrons. The lowest BCUT2D eigenvalue weighted by Gasteiger charge is -2.11. The normalized spacial score (nSPS) is 10.2. The van der Waals surface area contributed by atoms with Crippen LogP contribution in [0.5, 0.6) is 0 Å². The zero-order chi connectivity index (χ0) is 20.1. The number of halogens is 1.